The zero-order chi connectivity index (χ0) is 9.10. The molecule has 0 spiro atoms. The van der Waals surface area contributed by atoms with Crippen molar-refractivity contribution in [2.45, 2.75) is 31.3 Å². The van der Waals surface area contributed by atoms with Crippen LogP contribution < -0.4 is 5.32 Å². The number of nitrogens with zero attached hydrogens (tertiary/aromatic N) is 1. The first-order valence-electron chi connectivity index (χ1n) is 5.38. The Labute approximate surface area is 85.4 Å². The highest BCUT2D eigenvalue weighted by Gasteiger charge is 2.26. The number of rotatable bonds is 2. The highest BCUT2D eigenvalue weighted by atomic mass is 32.2. The third-order valence-electron chi connectivity index (χ3n) is 3.38. The molecule has 1 N–H and O–H groups in total. The Hall–Kier alpha value is 0.270. The van der Waals surface area contributed by atoms with Crippen molar-refractivity contribution in [2.75, 3.05) is 31.6 Å². The monoisotopic (exact) mass is 200 g/mol. The van der Waals surface area contributed by atoms with E-state index in [4.69, 9.17) is 0 Å². The van der Waals surface area contributed by atoms with Crippen LogP contribution in [0.5, 0.6) is 0 Å². The van der Waals surface area contributed by atoms with E-state index in [1.807, 2.05) is 0 Å². The molecule has 2 nitrogen and oxygen atoms in total. The van der Waals surface area contributed by atoms with Crippen LogP contribution in [0.3, 0.4) is 0 Å². The second-order valence-electron chi connectivity index (χ2n) is 4.16. The van der Waals surface area contributed by atoms with Crippen molar-refractivity contribution in [2.24, 2.45) is 0 Å². The van der Waals surface area contributed by atoms with Gasteiger partial charge in [-0.2, -0.15) is 11.8 Å². The van der Waals surface area contributed by atoms with E-state index in [0.29, 0.717) is 0 Å². The fourth-order valence-corrected chi connectivity index (χ4v) is 3.46. The number of likely N-dealkylation sites (N-methyl/N-ethyl adjacent to an activating group) is 1. The predicted molar refractivity (Wildman–Crippen MR) is 59.4 cm³/mol. The summed E-state index contributed by atoms with van der Waals surface area (Å²) in [6.45, 7) is 2.43. The Morgan fingerprint density at radius 2 is 1.92 bits per heavy atom. The molecule has 0 aromatic carbocycles. The van der Waals surface area contributed by atoms with Crippen LogP contribution in [0.4, 0.5) is 0 Å². The molecule has 0 radical (unpaired) electrons. The van der Waals surface area contributed by atoms with E-state index in [2.05, 4.69) is 29.0 Å². The maximum absolute atomic E-state index is 3.45. The second kappa shape index (κ2) is 4.67. The molecule has 2 saturated heterocycles. The van der Waals surface area contributed by atoms with E-state index in [1.165, 1.54) is 43.9 Å². The van der Waals surface area contributed by atoms with E-state index in [0.717, 1.165) is 12.1 Å². The lowest BCUT2D eigenvalue weighted by Gasteiger charge is -2.34. The van der Waals surface area contributed by atoms with Crippen LogP contribution in [0.15, 0.2) is 0 Å². The molecule has 1 unspecified atom stereocenters. The Bertz CT molecular complexity index is 151. The van der Waals surface area contributed by atoms with E-state index in [1.54, 1.807) is 0 Å². The number of hydrogen-bond acceptors (Lipinski definition) is 3. The molecule has 2 aliphatic rings. The molecule has 0 aromatic rings. The molecule has 0 saturated carbocycles. The minimum atomic E-state index is 0.813. The molecule has 0 aliphatic carbocycles. The van der Waals surface area contributed by atoms with Gasteiger partial charge in [-0.25, -0.2) is 0 Å². The van der Waals surface area contributed by atoms with Crippen LogP contribution in [-0.2, 0) is 0 Å². The van der Waals surface area contributed by atoms with Gasteiger partial charge in [-0.05, 0) is 44.4 Å². The van der Waals surface area contributed by atoms with E-state index < -0.39 is 0 Å². The van der Waals surface area contributed by atoms with Gasteiger partial charge >= 0.3 is 0 Å². The lowest BCUT2D eigenvalue weighted by molar-refractivity contribution is 0.173. The molecule has 0 bridgehead atoms. The molecule has 3 heteroatoms. The summed E-state index contributed by atoms with van der Waals surface area (Å²) >= 11 is 2.12. The first-order valence-corrected chi connectivity index (χ1v) is 6.54. The molecule has 2 fully saturated rings. The number of nitrogens with one attached hydrogen (secondary N) is 1. The summed E-state index contributed by atoms with van der Waals surface area (Å²) in [5.41, 5.74) is 0. The van der Waals surface area contributed by atoms with Crippen molar-refractivity contribution in [3.63, 3.8) is 0 Å². The molecule has 2 rings (SSSR count). The third kappa shape index (κ3) is 2.39. The third-order valence-corrected chi connectivity index (χ3v) is 4.43. The summed E-state index contributed by atoms with van der Waals surface area (Å²) in [6, 6.07) is 1.68. The van der Waals surface area contributed by atoms with Crippen LogP contribution in [0.25, 0.3) is 0 Å². The normalized spacial score (nSPS) is 31.4. The van der Waals surface area contributed by atoms with Gasteiger partial charge in [0, 0.05) is 18.6 Å². The van der Waals surface area contributed by atoms with Crippen LogP contribution in [0.2, 0.25) is 0 Å². The first kappa shape index (κ1) is 9.81. The van der Waals surface area contributed by atoms with Gasteiger partial charge in [0.05, 0.1) is 0 Å². The summed E-state index contributed by atoms with van der Waals surface area (Å²) in [6.07, 6.45) is 4.15. The summed E-state index contributed by atoms with van der Waals surface area (Å²) in [5.74, 6) is 2.74. The summed E-state index contributed by atoms with van der Waals surface area (Å²) in [7, 11) is 2.32. The zero-order valence-electron chi connectivity index (χ0n) is 8.46. The van der Waals surface area contributed by atoms with Crippen molar-refractivity contribution in [3.05, 3.63) is 0 Å². The van der Waals surface area contributed by atoms with E-state index in [9.17, 15) is 0 Å². The van der Waals surface area contributed by atoms with Gasteiger partial charge in [0.1, 0.15) is 0 Å². The largest absolute Gasteiger partial charge is 0.315 e. The van der Waals surface area contributed by atoms with Crippen LogP contribution >= 0.6 is 11.8 Å². The van der Waals surface area contributed by atoms with Gasteiger partial charge in [-0.3, -0.25) is 4.90 Å². The van der Waals surface area contributed by atoms with E-state index >= 15 is 0 Å². The van der Waals surface area contributed by atoms with Gasteiger partial charge in [-0.15, -0.1) is 0 Å². The molecule has 1 atom stereocenters. The molecule has 13 heavy (non-hydrogen) atoms. The number of hydrogen-bond donors (Lipinski definition) is 1. The fourth-order valence-electron chi connectivity index (χ4n) is 2.38. The summed E-state index contributed by atoms with van der Waals surface area (Å²) < 4.78 is 0. The van der Waals surface area contributed by atoms with Crippen molar-refractivity contribution >= 4 is 11.8 Å². The topological polar surface area (TPSA) is 15.3 Å². The van der Waals surface area contributed by atoms with Gasteiger partial charge in [0.2, 0.25) is 0 Å². The minimum Gasteiger partial charge on any atom is -0.315 e. The highest BCUT2D eigenvalue weighted by Crippen LogP contribution is 2.23. The quantitative estimate of drug-likeness (QED) is 0.720. The molecular formula is C10H20N2S. The zero-order valence-corrected chi connectivity index (χ0v) is 9.28. The predicted octanol–water partition coefficient (Wildman–Crippen LogP) is 1.18. The highest BCUT2D eigenvalue weighted by molar-refractivity contribution is 7.99. The number of thioether (sulfide) groups is 1. The van der Waals surface area contributed by atoms with Gasteiger partial charge in [-0.1, -0.05) is 0 Å². The maximum Gasteiger partial charge on any atom is 0.0232 e. The van der Waals surface area contributed by atoms with Crippen LogP contribution in [0.1, 0.15) is 19.3 Å². The molecule has 0 aromatic heterocycles. The summed E-state index contributed by atoms with van der Waals surface area (Å²) in [5, 5.41) is 3.45. The Morgan fingerprint density at radius 1 is 1.15 bits per heavy atom. The molecule has 0 amide bonds. The van der Waals surface area contributed by atoms with Crippen LogP contribution in [-0.4, -0.2) is 48.6 Å². The SMILES string of the molecule is CN(C1CCSCC1)C1CCNC1. The smallest absolute Gasteiger partial charge is 0.0232 e. The van der Waals surface area contributed by atoms with Crippen LogP contribution in [0, 0.1) is 0 Å². The lowest BCUT2D eigenvalue weighted by atomic mass is 10.1. The molecule has 2 aliphatic heterocycles. The van der Waals surface area contributed by atoms with E-state index in [-0.39, 0.29) is 0 Å². The van der Waals surface area contributed by atoms with Crippen molar-refractivity contribution in [1.82, 2.24) is 10.2 Å². The maximum atomic E-state index is 3.45. The first-order chi connectivity index (χ1) is 6.38. The molecular weight excluding hydrogens is 180 g/mol. The van der Waals surface area contributed by atoms with Gasteiger partial charge in [0.15, 0.2) is 0 Å². The Kier molecular flexibility index (Phi) is 3.52. The van der Waals surface area contributed by atoms with Crippen molar-refractivity contribution in [1.29, 1.82) is 0 Å². The second-order valence-corrected chi connectivity index (χ2v) is 5.38. The fraction of sp³-hybridized carbons (Fsp3) is 1.00. The minimum absolute atomic E-state index is 0.813. The average molecular weight is 200 g/mol. The van der Waals surface area contributed by atoms with Crippen molar-refractivity contribution in [3.8, 4) is 0 Å². The lowest BCUT2D eigenvalue weighted by Crippen LogP contribution is -2.43. The Balaban J connectivity index is 1.83. The summed E-state index contributed by atoms with van der Waals surface area (Å²) in [4.78, 5) is 2.62. The molecule has 76 valence electrons. The van der Waals surface area contributed by atoms with Gasteiger partial charge < -0.3 is 5.32 Å². The van der Waals surface area contributed by atoms with Crippen molar-refractivity contribution < 1.29 is 0 Å². The Morgan fingerprint density at radius 3 is 2.54 bits per heavy atom. The average Bonchev–Trinajstić information content (AvgIpc) is 2.71. The van der Waals surface area contributed by atoms with Gasteiger partial charge in [0.25, 0.3) is 0 Å². The standard InChI is InChI=1S/C10H20N2S/c1-12(10-2-5-11-8-10)9-3-6-13-7-4-9/h9-11H,2-8H2,1H3. The molecule has 2 heterocycles.